The average molecular weight is 515 g/mol. The van der Waals surface area contributed by atoms with E-state index >= 15 is 0 Å². The molecule has 0 unspecified atom stereocenters. The lowest BCUT2D eigenvalue weighted by Crippen LogP contribution is -2.38. The maximum absolute atomic E-state index is 13.5. The number of sulfonamides is 1. The van der Waals surface area contributed by atoms with Crippen LogP contribution in [0.25, 0.3) is 0 Å². The molecule has 3 aromatic rings. The first-order chi connectivity index (χ1) is 17.2. The van der Waals surface area contributed by atoms with Crippen molar-refractivity contribution >= 4 is 33.3 Å². The van der Waals surface area contributed by atoms with E-state index in [0.29, 0.717) is 23.6 Å². The molecule has 36 heavy (non-hydrogen) atoms. The van der Waals surface area contributed by atoms with Crippen LogP contribution in [0.1, 0.15) is 29.8 Å². The van der Waals surface area contributed by atoms with Crippen molar-refractivity contribution in [2.45, 2.75) is 25.7 Å². The highest BCUT2D eigenvalue weighted by Crippen LogP contribution is 2.26. The minimum atomic E-state index is -4.20. The first-order valence-electron chi connectivity index (χ1n) is 11.2. The standard InChI is InChI=1S/C26H27FN2O6S/c1-4-34-21-13-15-22(16-14-21)36(32,33)29(20-11-9-19(27)10-12-20)17-25(30)28-24-8-6-7-23(18(24)3)26(31)35-5-2/h6-16H,4-5,17H2,1-3H3,(H,28,30). The molecule has 10 heteroatoms. The van der Waals surface area contributed by atoms with Crippen molar-refractivity contribution in [1.29, 1.82) is 0 Å². The SMILES string of the molecule is CCOC(=O)c1cccc(NC(=O)CN(c2ccc(F)cc2)S(=O)(=O)c2ccc(OCC)cc2)c1C. The van der Waals surface area contributed by atoms with Gasteiger partial charge in [0.1, 0.15) is 18.1 Å². The molecule has 1 N–H and O–H groups in total. The Kier molecular flexibility index (Phi) is 8.65. The highest BCUT2D eigenvalue weighted by atomic mass is 32.2. The Hall–Kier alpha value is -3.92. The van der Waals surface area contributed by atoms with Crippen LogP contribution in [-0.2, 0) is 19.6 Å². The fourth-order valence-electron chi connectivity index (χ4n) is 3.45. The van der Waals surface area contributed by atoms with Crippen LogP contribution in [0.15, 0.2) is 71.6 Å². The number of anilines is 2. The molecule has 0 heterocycles. The van der Waals surface area contributed by atoms with Gasteiger partial charge in [-0.3, -0.25) is 9.10 Å². The van der Waals surface area contributed by atoms with Gasteiger partial charge in [0.25, 0.3) is 10.0 Å². The van der Waals surface area contributed by atoms with Crippen LogP contribution < -0.4 is 14.4 Å². The minimum Gasteiger partial charge on any atom is -0.494 e. The third kappa shape index (κ3) is 6.19. The summed E-state index contributed by atoms with van der Waals surface area (Å²) >= 11 is 0. The number of carbonyl (C=O) groups excluding carboxylic acids is 2. The molecule has 0 fully saturated rings. The van der Waals surface area contributed by atoms with Crippen LogP contribution in [0.3, 0.4) is 0 Å². The Bertz CT molecular complexity index is 1330. The van der Waals surface area contributed by atoms with Gasteiger partial charge in [-0.2, -0.15) is 0 Å². The van der Waals surface area contributed by atoms with Crippen LogP contribution >= 0.6 is 0 Å². The molecule has 0 aromatic heterocycles. The van der Waals surface area contributed by atoms with Crippen LogP contribution in [-0.4, -0.2) is 40.1 Å². The lowest BCUT2D eigenvalue weighted by atomic mass is 10.1. The summed E-state index contributed by atoms with van der Waals surface area (Å²) in [6, 6.07) is 15.3. The van der Waals surface area contributed by atoms with Crippen LogP contribution in [0.5, 0.6) is 5.75 Å². The third-order valence-corrected chi connectivity index (χ3v) is 7.02. The smallest absolute Gasteiger partial charge is 0.338 e. The number of amides is 1. The molecule has 0 aliphatic carbocycles. The number of nitrogens with one attached hydrogen (secondary N) is 1. The molecule has 8 nitrogen and oxygen atoms in total. The Morgan fingerprint density at radius 2 is 1.61 bits per heavy atom. The maximum atomic E-state index is 13.5. The van der Waals surface area contributed by atoms with Gasteiger partial charge < -0.3 is 14.8 Å². The van der Waals surface area contributed by atoms with Crippen molar-refractivity contribution in [1.82, 2.24) is 0 Å². The van der Waals surface area contributed by atoms with E-state index in [1.165, 1.54) is 36.4 Å². The first-order valence-corrected chi connectivity index (χ1v) is 12.7. The molecule has 3 aromatic carbocycles. The van der Waals surface area contributed by atoms with Crippen molar-refractivity contribution in [3.8, 4) is 5.75 Å². The summed E-state index contributed by atoms with van der Waals surface area (Å²) < 4.78 is 51.9. The normalized spacial score (nSPS) is 11.0. The third-order valence-electron chi connectivity index (χ3n) is 5.23. The molecule has 0 aliphatic rings. The van der Waals surface area contributed by atoms with Crippen LogP contribution in [0.2, 0.25) is 0 Å². The van der Waals surface area contributed by atoms with E-state index < -0.39 is 34.3 Å². The van der Waals surface area contributed by atoms with Crippen LogP contribution in [0, 0.1) is 12.7 Å². The number of ether oxygens (including phenoxy) is 2. The highest BCUT2D eigenvalue weighted by Gasteiger charge is 2.28. The van der Waals surface area contributed by atoms with E-state index in [1.807, 2.05) is 6.92 Å². The fraction of sp³-hybridized carbons (Fsp3) is 0.231. The lowest BCUT2D eigenvalue weighted by Gasteiger charge is -2.24. The average Bonchev–Trinajstić information content (AvgIpc) is 2.85. The molecule has 0 bridgehead atoms. The van der Waals surface area contributed by atoms with Gasteiger partial charge in [-0.25, -0.2) is 17.6 Å². The van der Waals surface area contributed by atoms with Crippen molar-refractivity contribution in [3.05, 3.63) is 83.7 Å². The maximum Gasteiger partial charge on any atom is 0.338 e. The molecule has 0 aliphatic heterocycles. The van der Waals surface area contributed by atoms with Crippen molar-refractivity contribution in [2.75, 3.05) is 29.4 Å². The molecule has 3 rings (SSSR count). The van der Waals surface area contributed by atoms with Gasteiger partial charge in [0.2, 0.25) is 5.91 Å². The van der Waals surface area contributed by atoms with Gasteiger partial charge in [0.15, 0.2) is 0 Å². The second-order valence-electron chi connectivity index (χ2n) is 7.64. The Labute approximate surface area is 209 Å². The van der Waals surface area contributed by atoms with Gasteiger partial charge in [-0.1, -0.05) is 6.07 Å². The number of esters is 1. The summed E-state index contributed by atoms with van der Waals surface area (Å²) in [6.07, 6.45) is 0. The zero-order valence-corrected chi connectivity index (χ0v) is 21.0. The first kappa shape index (κ1) is 26.7. The monoisotopic (exact) mass is 514 g/mol. The highest BCUT2D eigenvalue weighted by molar-refractivity contribution is 7.92. The second kappa shape index (κ2) is 11.7. The summed E-state index contributed by atoms with van der Waals surface area (Å²) in [5.41, 5.74) is 1.21. The number of benzene rings is 3. The van der Waals surface area contributed by atoms with E-state index in [4.69, 9.17) is 9.47 Å². The number of hydrogen-bond donors (Lipinski definition) is 1. The number of halogens is 1. The molecule has 0 atom stereocenters. The van der Waals surface area contributed by atoms with Crippen molar-refractivity contribution in [3.63, 3.8) is 0 Å². The Balaban J connectivity index is 1.92. The topological polar surface area (TPSA) is 102 Å². The number of carbonyl (C=O) groups is 2. The van der Waals surface area contributed by atoms with Crippen molar-refractivity contribution < 1.29 is 31.9 Å². The van der Waals surface area contributed by atoms with Gasteiger partial charge in [-0.15, -0.1) is 0 Å². The molecular weight excluding hydrogens is 487 g/mol. The lowest BCUT2D eigenvalue weighted by molar-refractivity contribution is -0.114. The molecule has 0 saturated heterocycles. The second-order valence-corrected chi connectivity index (χ2v) is 9.50. The quantitative estimate of drug-likeness (QED) is 0.399. The fourth-order valence-corrected chi connectivity index (χ4v) is 4.87. The molecule has 0 saturated carbocycles. The van der Waals surface area contributed by atoms with Crippen LogP contribution in [0.4, 0.5) is 15.8 Å². The number of hydrogen-bond acceptors (Lipinski definition) is 6. The predicted octanol–water partition coefficient (Wildman–Crippen LogP) is 4.54. The Morgan fingerprint density at radius 3 is 2.22 bits per heavy atom. The zero-order chi connectivity index (χ0) is 26.3. The van der Waals surface area contributed by atoms with Gasteiger partial charge in [0.05, 0.1) is 29.4 Å². The summed E-state index contributed by atoms with van der Waals surface area (Å²) in [4.78, 5) is 25.1. The van der Waals surface area contributed by atoms with Gasteiger partial charge >= 0.3 is 5.97 Å². The largest absolute Gasteiger partial charge is 0.494 e. The van der Waals surface area contributed by atoms with E-state index in [-0.39, 0.29) is 22.8 Å². The summed E-state index contributed by atoms with van der Waals surface area (Å²) in [5.74, 6) is -1.23. The Morgan fingerprint density at radius 1 is 0.944 bits per heavy atom. The summed E-state index contributed by atoms with van der Waals surface area (Å²) in [7, 11) is -4.20. The number of rotatable bonds is 10. The molecule has 0 spiro atoms. The van der Waals surface area contributed by atoms with E-state index in [2.05, 4.69) is 5.32 Å². The predicted molar refractivity (Wildman–Crippen MR) is 134 cm³/mol. The molecular formula is C26H27FN2O6S. The van der Waals surface area contributed by atoms with E-state index in [9.17, 15) is 22.4 Å². The van der Waals surface area contributed by atoms with Gasteiger partial charge in [-0.05, 0) is 87.0 Å². The van der Waals surface area contributed by atoms with Crippen molar-refractivity contribution in [2.24, 2.45) is 0 Å². The number of nitrogens with zero attached hydrogens (tertiary/aromatic N) is 1. The molecule has 0 radical (unpaired) electrons. The zero-order valence-electron chi connectivity index (χ0n) is 20.2. The molecule has 190 valence electrons. The summed E-state index contributed by atoms with van der Waals surface area (Å²) in [5, 5.41) is 2.66. The van der Waals surface area contributed by atoms with E-state index in [1.54, 1.807) is 32.0 Å². The summed E-state index contributed by atoms with van der Waals surface area (Å²) in [6.45, 7) is 5.17. The van der Waals surface area contributed by atoms with Gasteiger partial charge in [0, 0.05) is 5.69 Å². The van der Waals surface area contributed by atoms with E-state index in [0.717, 1.165) is 16.4 Å². The minimum absolute atomic E-state index is 0.0661. The molecule has 1 amide bonds.